The summed E-state index contributed by atoms with van der Waals surface area (Å²) in [6.07, 6.45) is 0. The quantitative estimate of drug-likeness (QED) is 0.224. The topological polar surface area (TPSA) is 152 Å². The molecule has 10 heavy (non-hydrogen) atoms. The first-order chi connectivity index (χ1) is 4.00. The van der Waals surface area contributed by atoms with E-state index < -0.39 is 24.9 Å². The van der Waals surface area contributed by atoms with Crippen LogP contribution in [0.2, 0.25) is 0 Å². The normalized spacial score (nSPS) is 11.7. The molecule has 10 heteroatoms. The second kappa shape index (κ2) is 4.08. The molecule has 0 aromatic rings. The van der Waals surface area contributed by atoms with Crippen LogP contribution in [0.5, 0.6) is 0 Å². The summed E-state index contributed by atoms with van der Waals surface area (Å²) in [7, 11) is -4.67. The standard InChI is InChI=1S/AsH3O4.H2O4S/c2-1(3,4)5;1-5(2,3)4/h(H3,2,3,4,5);(H2,1,2,3,4). The van der Waals surface area contributed by atoms with Crippen molar-refractivity contribution >= 4 is 24.9 Å². The van der Waals surface area contributed by atoms with Crippen LogP contribution in [-0.2, 0) is 14.1 Å². The van der Waals surface area contributed by atoms with Crippen molar-refractivity contribution < 1.29 is 33.5 Å². The van der Waals surface area contributed by atoms with E-state index in [1.165, 1.54) is 0 Å². The molecular weight excluding hydrogens is 235 g/mol. The molecule has 0 aromatic carbocycles. The predicted molar refractivity (Wildman–Crippen MR) is 27.3 cm³/mol. The van der Waals surface area contributed by atoms with Crippen LogP contribution >= 0.6 is 0 Å². The van der Waals surface area contributed by atoms with Gasteiger partial charge in [-0.05, 0) is 0 Å². The molecule has 0 aliphatic rings. The van der Waals surface area contributed by atoms with Crippen LogP contribution in [0.25, 0.3) is 0 Å². The molecule has 0 aliphatic carbocycles. The Labute approximate surface area is 59.0 Å². The molecule has 0 aliphatic heterocycles. The molecule has 0 unspecified atom stereocenters. The van der Waals surface area contributed by atoms with Gasteiger partial charge in [0.2, 0.25) is 0 Å². The van der Waals surface area contributed by atoms with Crippen LogP contribution < -0.4 is 0 Å². The molecule has 0 saturated heterocycles. The van der Waals surface area contributed by atoms with Gasteiger partial charge in [0.25, 0.3) is 0 Å². The summed E-state index contributed by atoms with van der Waals surface area (Å²) in [4.78, 5) is 0. The molecule has 0 saturated carbocycles. The SMILES string of the molecule is O=S(=O)(O)O.O=[As](O)(O)O. The number of hydrogen-bond donors (Lipinski definition) is 5. The minimum absolute atomic E-state index is 4.67. The molecule has 0 aromatic heterocycles. The summed E-state index contributed by atoms with van der Waals surface area (Å²) < 4.78 is 62.3. The van der Waals surface area contributed by atoms with Gasteiger partial charge in [-0.15, -0.1) is 0 Å². The zero-order chi connectivity index (χ0) is 9.00. The molecule has 0 rings (SSSR count). The van der Waals surface area contributed by atoms with Crippen molar-refractivity contribution in [1.82, 2.24) is 0 Å². The van der Waals surface area contributed by atoms with E-state index in [0.717, 1.165) is 0 Å². The van der Waals surface area contributed by atoms with Crippen LogP contribution in [0.1, 0.15) is 0 Å². The molecule has 0 fully saturated rings. The first-order valence-corrected chi connectivity index (χ1v) is 6.16. The Hall–Kier alpha value is 0.108. The van der Waals surface area contributed by atoms with Crippen molar-refractivity contribution in [1.29, 1.82) is 0 Å². The third-order valence-electron chi connectivity index (χ3n) is 0. The fourth-order valence-electron chi connectivity index (χ4n) is 0. The van der Waals surface area contributed by atoms with Gasteiger partial charge < -0.3 is 0 Å². The molecule has 64 valence electrons. The van der Waals surface area contributed by atoms with Crippen LogP contribution in [0.15, 0.2) is 0 Å². The first-order valence-electron chi connectivity index (χ1n) is 1.48. The van der Waals surface area contributed by atoms with Gasteiger partial charge in [-0.2, -0.15) is 8.42 Å². The summed E-state index contributed by atoms with van der Waals surface area (Å²) in [5.41, 5.74) is 0. The fourth-order valence-corrected chi connectivity index (χ4v) is 0. The number of rotatable bonds is 0. The third-order valence-corrected chi connectivity index (χ3v) is 0. The Morgan fingerprint density at radius 2 is 1.00 bits per heavy atom. The van der Waals surface area contributed by atoms with E-state index in [1.54, 1.807) is 0 Å². The van der Waals surface area contributed by atoms with Crippen molar-refractivity contribution in [3.05, 3.63) is 0 Å². The van der Waals surface area contributed by atoms with E-state index in [1.807, 2.05) is 0 Å². The Morgan fingerprint density at radius 3 is 1.00 bits per heavy atom. The van der Waals surface area contributed by atoms with Crippen molar-refractivity contribution in [3.8, 4) is 0 Å². The van der Waals surface area contributed by atoms with Crippen LogP contribution in [-0.4, -0.2) is 44.3 Å². The Kier molecular flexibility index (Phi) is 5.21. The van der Waals surface area contributed by atoms with Gasteiger partial charge in [-0.3, -0.25) is 9.11 Å². The third kappa shape index (κ3) is 34800. The van der Waals surface area contributed by atoms with Gasteiger partial charge in [0, 0.05) is 0 Å². The molecule has 8 nitrogen and oxygen atoms in total. The Morgan fingerprint density at radius 1 is 1.00 bits per heavy atom. The molecule has 0 spiro atoms. The maximum atomic E-state index is 8.94. The van der Waals surface area contributed by atoms with E-state index in [0.29, 0.717) is 0 Å². The molecular formula is H5AsO8S. The van der Waals surface area contributed by atoms with Crippen molar-refractivity contribution in [3.63, 3.8) is 0 Å². The summed E-state index contributed by atoms with van der Waals surface area (Å²) in [5, 5.41) is 0. The molecule has 0 bridgehead atoms. The molecule has 0 amide bonds. The summed E-state index contributed by atoms with van der Waals surface area (Å²) in [6.45, 7) is 0. The average Bonchev–Trinajstić information content (AvgIpc) is 1.12. The average molecular weight is 240 g/mol. The van der Waals surface area contributed by atoms with Gasteiger partial charge >= 0.3 is 40.9 Å². The molecule has 0 radical (unpaired) electrons. The molecule has 0 heterocycles. The second-order valence-electron chi connectivity index (χ2n) is 0.961. The predicted octanol–water partition coefficient (Wildman–Crippen LogP) is -2.82. The van der Waals surface area contributed by atoms with Gasteiger partial charge in [-0.1, -0.05) is 0 Å². The maximum absolute atomic E-state index is 8.94. The first kappa shape index (κ1) is 12.8. The van der Waals surface area contributed by atoms with E-state index in [2.05, 4.69) is 0 Å². The zero-order valence-corrected chi connectivity index (χ0v) is 7.01. The summed E-state index contributed by atoms with van der Waals surface area (Å²) in [6, 6.07) is 0. The van der Waals surface area contributed by atoms with E-state index in [-0.39, 0.29) is 0 Å². The van der Waals surface area contributed by atoms with Crippen molar-refractivity contribution in [2.75, 3.05) is 0 Å². The van der Waals surface area contributed by atoms with Crippen LogP contribution in [0.4, 0.5) is 0 Å². The Balaban J connectivity index is 0. The van der Waals surface area contributed by atoms with Crippen LogP contribution in [0.3, 0.4) is 0 Å². The van der Waals surface area contributed by atoms with Crippen molar-refractivity contribution in [2.45, 2.75) is 0 Å². The van der Waals surface area contributed by atoms with Crippen molar-refractivity contribution in [2.24, 2.45) is 0 Å². The monoisotopic (exact) mass is 240 g/mol. The van der Waals surface area contributed by atoms with Gasteiger partial charge in [0.1, 0.15) is 0 Å². The summed E-state index contributed by atoms with van der Waals surface area (Å²) in [5.74, 6) is 0. The van der Waals surface area contributed by atoms with Gasteiger partial charge in [-0.25, -0.2) is 0 Å². The van der Waals surface area contributed by atoms with E-state index >= 15 is 0 Å². The van der Waals surface area contributed by atoms with E-state index in [4.69, 9.17) is 33.5 Å². The molecule has 0 atom stereocenters. The van der Waals surface area contributed by atoms with E-state index in [9.17, 15) is 0 Å². The molecule has 5 N–H and O–H groups in total. The second-order valence-corrected chi connectivity index (χ2v) is 4.01. The van der Waals surface area contributed by atoms with Gasteiger partial charge in [0.05, 0.1) is 0 Å². The zero-order valence-electron chi connectivity index (χ0n) is 4.32. The number of hydrogen-bond acceptors (Lipinski definition) is 3. The summed E-state index contributed by atoms with van der Waals surface area (Å²) >= 11 is -5.12. The Bertz CT molecular complexity index is 187. The fraction of sp³-hybridized carbons (Fsp3) is 0. The van der Waals surface area contributed by atoms with Crippen LogP contribution in [0, 0.1) is 0 Å². The van der Waals surface area contributed by atoms with Gasteiger partial charge in [0.15, 0.2) is 0 Å². The minimum atomic E-state index is -5.12.